The van der Waals surface area contributed by atoms with Crippen LogP contribution in [0.5, 0.6) is 0 Å². The smallest absolute Gasteiger partial charge is 0.211 e. The lowest BCUT2D eigenvalue weighted by Crippen LogP contribution is -2.41. The van der Waals surface area contributed by atoms with Crippen LogP contribution in [-0.2, 0) is 14.8 Å². The van der Waals surface area contributed by atoms with Gasteiger partial charge in [-0.3, -0.25) is 4.79 Å². The number of sulfonamides is 1. The largest absolute Gasteiger partial charge is 0.298 e. The first-order valence-electron chi connectivity index (χ1n) is 7.52. The van der Waals surface area contributed by atoms with Gasteiger partial charge < -0.3 is 0 Å². The van der Waals surface area contributed by atoms with Crippen molar-refractivity contribution in [2.45, 2.75) is 48.9 Å². The van der Waals surface area contributed by atoms with E-state index < -0.39 is 10.0 Å². The number of ketones is 1. The van der Waals surface area contributed by atoms with Crippen LogP contribution in [-0.4, -0.2) is 59.4 Å². The normalized spacial score (nSPS) is 35.6. The van der Waals surface area contributed by atoms with Crippen molar-refractivity contribution >= 4 is 39.3 Å². The van der Waals surface area contributed by atoms with Crippen LogP contribution < -0.4 is 0 Å². The topological polar surface area (TPSA) is 54.5 Å². The van der Waals surface area contributed by atoms with Gasteiger partial charge in [-0.15, -0.1) is 11.8 Å². The predicted octanol–water partition coefficient (Wildman–Crippen LogP) is 2.24. The van der Waals surface area contributed by atoms with Crippen molar-refractivity contribution in [1.29, 1.82) is 0 Å². The standard InChI is InChI=1S/C14H25NO3S3/c1-10-11(2)20-14(9-19-10)13(16)7-12-5-4-6-15(8-12)21(3,17)18/h10-12,14H,4-9H2,1-3H3. The van der Waals surface area contributed by atoms with Crippen molar-refractivity contribution < 1.29 is 13.2 Å². The van der Waals surface area contributed by atoms with Gasteiger partial charge in [-0.1, -0.05) is 13.8 Å². The summed E-state index contributed by atoms with van der Waals surface area (Å²) in [6.45, 7) is 5.52. The molecule has 0 aliphatic carbocycles. The van der Waals surface area contributed by atoms with Gasteiger partial charge in [0.25, 0.3) is 0 Å². The fraction of sp³-hybridized carbons (Fsp3) is 0.929. The van der Waals surface area contributed by atoms with E-state index in [-0.39, 0.29) is 11.2 Å². The molecule has 0 amide bonds. The molecule has 21 heavy (non-hydrogen) atoms. The molecule has 2 saturated heterocycles. The lowest BCUT2D eigenvalue weighted by Gasteiger charge is -2.33. The molecule has 2 rings (SSSR count). The zero-order valence-electron chi connectivity index (χ0n) is 12.9. The zero-order chi connectivity index (χ0) is 15.6. The van der Waals surface area contributed by atoms with E-state index in [2.05, 4.69) is 13.8 Å². The predicted molar refractivity (Wildman–Crippen MR) is 91.5 cm³/mol. The van der Waals surface area contributed by atoms with Crippen molar-refractivity contribution in [1.82, 2.24) is 4.31 Å². The molecule has 2 fully saturated rings. The molecule has 4 unspecified atom stereocenters. The van der Waals surface area contributed by atoms with Gasteiger partial charge in [-0.05, 0) is 18.8 Å². The molecule has 2 aliphatic rings. The van der Waals surface area contributed by atoms with Gasteiger partial charge in [0.2, 0.25) is 10.0 Å². The number of nitrogens with zero attached hydrogens (tertiary/aromatic N) is 1. The molecule has 0 aromatic heterocycles. The second-order valence-corrected chi connectivity index (χ2v) is 11.1. The minimum absolute atomic E-state index is 0.0924. The average Bonchev–Trinajstić information content (AvgIpc) is 2.41. The molecule has 7 heteroatoms. The number of carbonyl (C=O) groups is 1. The van der Waals surface area contributed by atoms with Crippen LogP contribution in [0.3, 0.4) is 0 Å². The van der Waals surface area contributed by atoms with Crippen molar-refractivity contribution in [3.05, 3.63) is 0 Å². The van der Waals surface area contributed by atoms with Crippen LogP contribution in [0, 0.1) is 5.92 Å². The van der Waals surface area contributed by atoms with Gasteiger partial charge >= 0.3 is 0 Å². The van der Waals surface area contributed by atoms with E-state index >= 15 is 0 Å². The van der Waals surface area contributed by atoms with E-state index in [1.807, 2.05) is 11.8 Å². The number of carbonyl (C=O) groups excluding carboxylic acids is 1. The van der Waals surface area contributed by atoms with Gasteiger partial charge in [-0.25, -0.2) is 12.7 Å². The van der Waals surface area contributed by atoms with E-state index in [1.54, 1.807) is 11.8 Å². The van der Waals surface area contributed by atoms with Crippen molar-refractivity contribution in [2.24, 2.45) is 5.92 Å². The number of thioether (sulfide) groups is 2. The Morgan fingerprint density at radius 2 is 2.00 bits per heavy atom. The Bertz CT molecular complexity index is 480. The maximum Gasteiger partial charge on any atom is 0.211 e. The highest BCUT2D eigenvalue weighted by Gasteiger charge is 2.33. The molecular weight excluding hydrogens is 326 g/mol. The van der Waals surface area contributed by atoms with Crippen LogP contribution in [0.2, 0.25) is 0 Å². The van der Waals surface area contributed by atoms with Gasteiger partial charge in [0.15, 0.2) is 0 Å². The SMILES string of the molecule is CC1SCC(C(=O)CC2CCCN(S(C)(=O)=O)C2)SC1C. The van der Waals surface area contributed by atoms with Crippen molar-refractivity contribution in [3.63, 3.8) is 0 Å². The first-order chi connectivity index (χ1) is 9.77. The molecule has 4 nitrogen and oxygen atoms in total. The fourth-order valence-electron chi connectivity index (χ4n) is 2.86. The van der Waals surface area contributed by atoms with Gasteiger partial charge in [-0.2, -0.15) is 11.8 Å². The van der Waals surface area contributed by atoms with E-state index in [0.717, 1.165) is 18.6 Å². The molecule has 0 spiro atoms. The summed E-state index contributed by atoms with van der Waals surface area (Å²) in [5.41, 5.74) is 0. The van der Waals surface area contributed by atoms with E-state index in [0.29, 0.717) is 35.8 Å². The lowest BCUT2D eigenvalue weighted by molar-refractivity contribution is -0.119. The Hall–Kier alpha value is 0.280. The van der Waals surface area contributed by atoms with Crippen LogP contribution >= 0.6 is 23.5 Å². The Kier molecular flexibility index (Phi) is 6.07. The monoisotopic (exact) mass is 351 g/mol. The van der Waals surface area contributed by atoms with Crippen molar-refractivity contribution in [2.75, 3.05) is 25.1 Å². The molecule has 0 N–H and O–H groups in total. The van der Waals surface area contributed by atoms with Gasteiger partial charge in [0.1, 0.15) is 5.78 Å². The number of hydrogen-bond acceptors (Lipinski definition) is 5. The Morgan fingerprint density at radius 1 is 1.29 bits per heavy atom. The molecule has 4 atom stereocenters. The Morgan fingerprint density at radius 3 is 2.62 bits per heavy atom. The third-order valence-corrected chi connectivity index (χ3v) is 9.06. The lowest BCUT2D eigenvalue weighted by atomic mass is 9.93. The van der Waals surface area contributed by atoms with E-state index in [1.165, 1.54) is 10.6 Å². The molecule has 122 valence electrons. The van der Waals surface area contributed by atoms with Gasteiger partial charge in [0.05, 0.1) is 11.5 Å². The Labute approximate surface area is 136 Å². The highest BCUT2D eigenvalue weighted by Crippen LogP contribution is 2.37. The molecule has 0 aromatic carbocycles. The summed E-state index contributed by atoms with van der Waals surface area (Å²) in [6.07, 6.45) is 3.62. The fourth-order valence-corrected chi connectivity index (χ4v) is 6.71. The molecule has 0 radical (unpaired) electrons. The first-order valence-corrected chi connectivity index (χ1v) is 11.4. The highest BCUT2D eigenvalue weighted by molar-refractivity contribution is 8.08. The van der Waals surface area contributed by atoms with Crippen molar-refractivity contribution in [3.8, 4) is 0 Å². The van der Waals surface area contributed by atoms with Crippen LogP contribution in [0.15, 0.2) is 0 Å². The van der Waals surface area contributed by atoms with Crippen LogP contribution in [0.25, 0.3) is 0 Å². The maximum absolute atomic E-state index is 12.5. The molecule has 0 saturated carbocycles. The van der Waals surface area contributed by atoms with Gasteiger partial charge in [0, 0.05) is 35.8 Å². The minimum Gasteiger partial charge on any atom is -0.298 e. The highest BCUT2D eigenvalue weighted by atomic mass is 32.2. The molecule has 2 aliphatic heterocycles. The third kappa shape index (κ3) is 4.88. The third-order valence-electron chi connectivity index (χ3n) is 4.35. The molecule has 0 bridgehead atoms. The van der Waals surface area contributed by atoms with E-state index in [9.17, 15) is 13.2 Å². The first kappa shape index (κ1) is 17.6. The molecule has 0 aromatic rings. The van der Waals surface area contributed by atoms with Crippen LogP contribution in [0.4, 0.5) is 0 Å². The molecule has 2 heterocycles. The number of hydrogen-bond donors (Lipinski definition) is 0. The summed E-state index contributed by atoms with van der Waals surface area (Å²) in [5, 5.41) is 1.21. The number of rotatable bonds is 4. The Balaban J connectivity index is 1.88. The second-order valence-electron chi connectivity index (χ2n) is 6.17. The minimum atomic E-state index is -3.12. The molecular formula is C14H25NO3S3. The second kappa shape index (κ2) is 7.23. The van der Waals surface area contributed by atoms with Crippen LogP contribution in [0.1, 0.15) is 33.1 Å². The summed E-state index contributed by atoms with van der Waals surface area (Å²) < 4.78 is 24.8. The maximum atomic E-state index is 12.5. The zero-order valence-corrected chi connectivity index (χ0v) is 15.4. The summed E-state index contributed by atoms with van der Waals surface area (Å²) in [7, 11) is -3.12. The number of piperidine rings is 1. The van der Waals surface area contributed by atoms with E-state index in [4.69, 9.17) is 0 Å². The average molecular weight is 352 g/mol. The summed E-state index contributed by atoms with van der Waals surface area (Å²) in [5.74, 6) is 1.41. The number of Topliss-reactive ketones (excluding diaryl/α,β-unsaturated/α-hetero) is 1. The quantitative estimate of drug-likeness (QED) is 0.777. The summed E-state index contributed by atoms with van der Waals surface area (Å²) >= 11 is 3.68. The summed E-state index contributed by atoms with van der Waals surface area (Å²) in [6, 6.07) is 0. The summed E-state index contributed by atoms with van der Waals surface area (Å²) in [4.78, 5) is 12.5.